The Kier molecular flexibility index (Phi) is 7.04. The topological polar surface area (TPSA) is 67.4 Å². The van der Waals surface area contributed by atoms with Crippen molar-refractivity contribution in [2.75, 3.05) is 5.32 Å². The van der Waals surface area contributed by atoms with E-state index in [0.29, 0.717) is 22.0 Å². The second-order valence-electron chi connectivity index (χ2n) is 6.03. The molecule has 0 saturated heterocycles. The Morgan fingerprint density at radius 2 is 1.73 bits per heavy atom. The molecule has 2 atom stereocenters. The van der Waals surface area contributed by atoms with Gasteiger partial charge >= 0.3 is 0 Å². The number of para-hydroxylation sites is 1. The Morgan fingerprint density at radius 1 is 1.08 bits per heavy atom. The van der Waals surface area contributed by atoms with Crippen LogP contribution >= 0.6 is 11.6 Å². The molecule has 2 rings (SSSR count). The Bertz CT molecular complexity index is 762. The van der Waals surface area contributed by atoms with Gasteiger partial charge in [0.2, 0.25) is 0 Å². The van der Waals surface area contributed by atoms with E-state index < -0.39 is 6.10 Å². The summed E-state index contributed by atoms with van der Waals surface area (Å²) in [6.45, 7) is 5.57. The first-order chi connectivity index (χ1) is 12.4. The molecule has 6 heteroatoms. The number of hydrogen-bond acceptors (Lipinski definition) is 3. The molecule has 0 aliphatic rings. The summed E-state index contributed by atoms with van der Waals surface area (Å²) in [6.07, 6.45) is 0.0912. The van der Waals surface area contributed by atoms with E-state index in [9.17, 15) is 9.59 Å². The van der Waals surface area contributed by atoms with Crippen molar-refractivity contribution in [3.8, 4) is 5.75 Å². The number of ether oxygens (including phenoxy) is 1. The van der Waals surface area contributed by atoms with E-state index in [0.717, 1.165) is 6.42 Å². The van der Waals surface area contributed by atoms with Crippen LogP contribution in [-0.4, -0.2) is 24.0 Å². The van der Waals surface area contributed by atoms with Gasteiger partial charge < -0.3 is 15.4 Å². The number of carbonyl (C=O) groups is 2. The normalized spacial score (nSPS) is 12.8. The molecule has 0 radical (unpaired) electrons. The zero-order chi connectivity index (χ0) is 19.1. The molecule has 0 aromatic heterocycles. The molecule has 0 aliphatic carbocycles. The highest BCUT2D eigenvalue weighted by Crippen LogP contribution is 2.19. The SMILES string of the molecule is CC[C@H](C)NC(=O)c1ccccc1NC(=O)[C@@H](C)Oc1ccc(Cl)cc1. The monoisotopic (exact) mass is 374 g/mol. The van der Waals surface area contributed by atoms with E-state index >= 15 is 0 Å². The lowest BCUT2D eigenvalue weighted by Gasteiger charge is -2.17. The average molecular weight is 375 g/mol. The lowest BCUT2D eigenvalue weighted by atomic mass is 10.1. The van der Waals surface area contributed by atoms with Crippen molar-refractivity contribution in [3.63, 3.8) is 0 Å². The minimum Gasteiger partial charge on any atom is -0.481 e. The molecule has 0 unspecified atom stereocenters. The largest absolute Gasteiger partial charge is 0.481 e. The number of rotatable bonds is 7. The smallest absolute Gasteiger partial charge is 0.265 e. The molecule has 2 aromatic rings. The van der Waals surface area contributed by atoms with E-state index in [1.807, 2.05) is 13.8 Å². The summed E-state index contributed by atoms with van der Waals surface area (Å²) in [5.74, 6) is -0.0230. The maximum Gasteiger partial charge on any atom is 0.265 e. The van der Waals surface area contributed by atoms with Crippen LogP contribution in [0.15, 0.2) is 48.5 Å². The number of hydrogen-bond donors (Lipinski definition) is 2. The van der Waals surface area contributed by atoms with Crippen molar-refractivity contribution in [1.82, 2.24) is 5.32 Å². The molecule has 0 aliphatic heterocycles. The second-order valence-corrected chi connectivity index (χ2v) is 6.47. The first kappa shape index (κ1) is 19.8. The first-order valence-electron chi connectivity index (χ1n) is 8.53. The third-order valence-electron chi connectivity index (χ3n) is 3.92. The van der Waals surface area contributed by atoms with Gasteiger partial charge in [-0.25, -0.2) is 0 Å². The van der Waals surface area contributed by atoms with Crippen molar-refractivity contribution in [1.29, 1.82) is 0 Å². The lowest BCUT2D eigenvalue weighted by molar-refractivity contribution is -0.122. The second kappa shape index (κ2) is 9.25. The predicted octanol–water partition coefficient (Wildman–Crippen LogP) is 4.27. The number of benzene rings is 2. The van der Waals surface area contributed by atoms with Crippen molar-refractivity contribution >= 4 is 29.1 Å². The number of carbonyl (C=O) groups excluding carboxylic acids is 2. The lowest BCUT2D eigenvalue weighted by Crippen LogP contribution is -2.34. The van der Waals surface area contributed by atoms with Gasteiger partial charge in [0, 0.05) is 11.1 Å². The molecular weight excluding hydrogens is 352 g/mol. The van der Waals surface area contributed by atoms with E-state index in [4.69, 9.17) is 16.3 Å². The van der Waals surface area contributed by atoms with Crippen LogP contribution < -0.4 is 15.4 Å². The molecule has 26 heavy (non-hydrogen) atoms. The van der Waals surface area contributed by atoms with Crippen LogP contribution in [0.2, 0.25) is 5.02 Å². The number of halogens is 1. The minimum absolute atomic E-state index is 0.0541. The van der Waals surface area contributed by atoms with Crippen LogP contribution in [-0.2, 0) is 4.79 Å². The van der Waals surface area contributed by atoms with Gasteiger partial charge in [-0.2, -0.15) is 0 Å². The standard InChI is InChI=1S/C20H23ClN2O3/c1-4-13(2)22-20(25)17-7-5-6-8-18(17)23-19(24)14(3)26-16-11-9-15(21)10-12-16/h5-14H,4H2,1-3H3,(H,22,25)(H,23,24)/t13-,14+/m0/s1. The third kappa shape index (κ3) is 5.49. The minimum atomic E-state index is -0.734. The first-order valence-corrected chi connectivity index (χ1v) is 8.91. The van der Waals surface area contributed by atoms with Crippen molar-refractivity contribution < 1.29 is 14.3 Å². The Labute approximate surface area is 158 Å². The summed E-state index contributed by atoms with van der Waals surface area (Å²) >= 11 is 5.84. The third-order valence-corrected chi connectivity index (χ3v) is 4.17. The molecule has 0 fully saturated rings. The fourth-order valence-corrected chi connectivity index (χ4v) is 2.32. The van der Waals surface area contributed by atoms with Gasteiger partial charge in [-0.15, -0.1) is 0 Å². The summed E-state index contributed by atoms with van der Waals surface area (Å²) in [5.41, 5.74) is 0.865. The Hall–Kier alpha value is -2.53. The molecule has 2 N–H and O–H groups in total. The number of anilines is 1. The van der Waals surface area contributed by atoms with Crippen LogP contribution in [0.5, 0.6) is 5.75 Å². The van der Waals surface area contributed by atoms with Gasteiger partial charge in [-0.1, -0.05) is 30.7 Å². The van der Waals surface area contributed by atoms with Gasteiger partial charge in [0.25, 0.3) is 11.8 Å². The zero-order valence-electron chi connectivity index (χ0n) is 15.1. The van der Waals surface area contributed by atoms with Crippen molar-refractivity contribution in [3.05, 3.63) is 59.1 Å². The maximum atomic E-state index is 12.4. The zero-order valence-corrected chi connectivity index (χ0v) is 15.8. The van der Waals surface area contributed by atoms with Crippen LogP contribution in [0.3, 0.4) is 0 Å². The van der Waals surface area contributed by atoms with Gasteiger partial charge in [-0.3, -0.25) is 9.59 Å². The molecule has 5 nitrogen and oxygen atoms in total. The fourth-order valence-electron chi connectivity index (χ4n) is 2.20. The average Bonchev–Trinajstić information content (AvgIpc) is 2.63. The molecule has 0 heterocycles. The van der Waals surface area contributed by atoms with E-state index in [-0.39, 0.29) is 17.9 Å². The number of nitrogens with one attached hydrogen (secondary N) is 2. The predicted molar refractivity (Wildman–Crippen MR) is 104 cm³/mol. The Balaban J connectivity index is 2.06. The van der Waals surface area contributed by atoms with Crippen molar-refractivity contribution in [2.45, 2.75) is 39.3 Å². The van der Waals surface area contributed by atoms with E-state index in [1.165, 1.54) is 0 Å². The summed E-state index contributed by atoms with van der Waals surface area (Å²) in [6, 6.07) is 13.7. The summed E-state index contributed by atoms with van der Waals surface area (Å²) in [7, 11) is 0. The maximum absolute atomic E-state index is 12.4. The van der Waals surface area contributed by atoms with Crippen molar-refractivity contribution in [2.24, 2.45) is 0 Å². The van der Waals surface area contributed by atoms with E-state index in [2.05, 4.69) is 10.6 Å². The van der Waals surface area contributed by atoms with Gasteiger partial charge in [0.15, 0.2) is 6.10 Å². The molecule has 2 amide bonds. The molecule has 0 saturated carbocycles. The van der Waals surface area contributed by atoms with Crippen LogP contribution in [0.4, 0.5) is 5.69 Å². The highest BCUT2D eigenvalue weighted by molar-refractivity contribution is 6.30. The van der Waals surface area contributed by atoms with Gasteiger partial charge in [0.1, 0.15) is 5.75 Å². The molecule has 2 aromatic carbocycles. The van der Waals surface area contributed by atoms with Crippen LogP contribution in [0.1, 0.15) is 37.6 Å². The summed E-state index contributed by atoms with van der Waals surface area (Å²) in [5, 5.41) is 6.26. The van der Waals surface area contributed by atoms with Gasteiger partial charge in [0.05, 0.1) is 11.3 Å². The molecule has 0 bridgehead atoms. The summed E-state index contributed by atoms with van der Waals surface area (Å²) < 4.78 is 5.61. The highest BCUT2D eigenvalue weighted by atomic mass is 35.5. The Morgan fingerprint density at radius 3 is 2.38 bits per heavy atom. The molecular formula is C20H23ClN2O3. The van der Waals surface area contributed by atoms with E-state index in [1.54, 1.807) is 55.5 Å². The van der Waals surface area contributed by atoms with Crippen LogP contribution in [0.25, 0.3) is 0 Å². The fraction of sp³-hybridized carbons (Fsp3) is 0.300. The molecule has 0 spiro atoms. The molecule has 138 valence electrons. The summed E-state index contributed by atoms with van der Waals surface area (Å²) in [4.78, 5) is 24.8. The quantitative estimate of drug-likeness (QED) is 0.760. The number of amides is 2. The van der Waals surface area contributed by atoms with Crippen LogP contribution in [0, 0.1) is 0 Å². The van der Waals surface area contributed by atoms with Gasteiger partial charge in [-0.05, 0) is 56.7 Å². The highest BCUT2D eigenvalue weighted by Gasteiger charge is 2.19.